The van der Waals surface area contributed by atoms with Crippen molar-refractivity contribution < 1.29 is 26.3 Å². The third-order valence-corrected chi connectivity index (χ3v) is 4.53. The fourth-order valence-corrected chi connectivity index (χ4v) is 4.02. The number of hydrogen-bond donors (Lipinski definition) is 0. The van der Waals surface area contributed by atoms with E-state index in [4.69, 9.17) is 15.4 Å². The van der Waals surface area contributed by atoms with Crippen LogP contribution in [0.5, 0.6) is 0 Å². The summed E-state index contributed by atoms with van der Waals surface area (Å²) in [5, 5.41) is 0. The Morgan fingerprint density at radius 2 is 1.83 bits per heavy atom. The first-order chi connectivity index (χ1) is 8.04. The largest absolute Gasteiger partial charge is 0.414 e. The Labute approximate surface area is 109 Å². The molecule has 1 saturated carbocycles. The van der Waals surface area contributed by atoms with E-state index in [1.165, 1.54) is 0 Å². The van der Waals surface area contributed by atoms with Crippen LogP contribution in [0, 0.1) is 5.41 Å². The van der Waals surface area contributed by atoms with Crippen LogP contribution in [-0.2, 0) is 13.8 Å². The Hall–Kier alpha value is -0.0100. The van der Waals surface area contributed by atoms with Crippen LogP contribution < -0.4 is 0 Å². The van der Waals surface area contributed by atoms with Gasteiger partial charge in [0.05, 0.1) is 12.4 Å². The van der Waals surface area contributed by atoms with Gasteiger partial charge >= 0.3 is 6.18 Å². The summed E-state index contributed by atoms with van der Waals surface area (Å²) in [6.45, 7) is 0.692. The predicted octanol–water partition coefficient (Wildman–Crippen LogP) is 3.08. The molecule has 0 bridgehead atoms. The summed E-state index contributed by atoms with van der Waals surface area (Å²) in [5.41, 5.74) is -0.764. The summed E-state index contributed by atoms with van der Waals surface area (Å²) >= 11 is 0. The third kappa shape index (κ3) is 4.93. The number of alkyl halides is 3. The average Bonchev–Trinajstić information content (AvgIpc) is 2.59. The molecule has 1 aliphatic rings. The second-order valence-corrected chi connectivity index (χ2v) is 7.66. The van der Waals surface area contributed by atoms with Gasteiger partial charge in [0, 0.05) is 16.1 Å². The molecule has 0 aromatic carbocycles. The van der Waals surface area contributed by atoms with Crippen molar-refractivity contribution in [3.63, 3.8) is 0 Å². The van der Waals surface area contributed by atoms with Gasteiger partial charge in [0.2, 0.25) is 9.05 Å². The molecule has 0 radical (unpaired) electrons. The summed E-state index contributed by atoms with van der Waals surface area (Å²) < 4.78 is 64.0. The van der Waals surface area contributed by atoms with Crippen LogP contribution >= 0.6 is 10.7 Å². The number of halogens is 4. The van der Waals surface area contributed by atoms with Crippen molar-refractivity contribution in [2.45, 2.75) is 44.9 Å². The zero-order valence-corrected chi connectivity index (χ0v) is 11.5. The highest BCUT2D eigenvalue weighted by Crippen LogP contribution is 2.41. The Balaban J connectivity index is 2.64. The Bertz CT molecular complexity index is 374. The van der Waals surface area contributed by atoms with Gasteiger partial charge in [-0.2, -0.15) is 13.2 Å². The minimum atomic E-state index is -4.43. The summed E-state index contributed by atoms with van der Waals surface area (Å²) in [6, 6.07) is 0. The maximum Gasteiger partial charge on any atom is 0.414 e. The predicted molar refractivity (Wildman–Crippen MR) is 62.0 cm³/mol. The van der Waals surface area contributed by atoms with E-state index in [1.807, 2.05) is 0 Å². The van der Waals surface area contributed by atoms with E-state index < -0.39 is 26.7 Å². The Morgan fingerprint density at radius 3 is 2.22 bits per heavy atom. The first-order valence-electron chi connectivity index (χ1n) is 5.65. The zero-order valence-electron chi connectivity index (χ0n) is 9.96. The molecule has 108 valence electrons. The topological polar surface area (TPSA) is 43.4 Å². The Morgan fingerprint density at radius 1 is 1.33 bits per heavy atom. The lowest BCUT2D eigenvalue weighted by Crippen LogP contribution is -2.36. The van der Waals surface area contributed by atoms with Crippen LogP contribution in [0.25, 0.3) is 0 Å². The van der Waals surface area contributed by atoms with E-state index in [0.717, 1.165) is 19.8 Å². The molecule has 1 rings (SSSR count). The van der Waals surface area contributed by atoms with Gasteiger partial charge in [-0.3, -0.25) is 0 Å². The molecule has 0 saturated heterocycles. The quantitative estimate of drug-likeness (QED) is 0.733. The molecule has 0 amide bonds. The SMILES string of the molecule is CC(OCC1(CS(=O)(=O)Cl)CCCC1)C(F)(F)F. The second-order valence-electron chi connectivity index (χ2n) is 4.89. The van der Waals surface area contributed by atoms with Gasteiger partial charge in [-0.15, -0.1) is 0 Å². The van der Waals surface area contributed by atoms with Crippen LogP contribution in [0.4, 0.5) is 13.2 Å². The van der Waals surface area contributed by atoms with E-state index in [9.17, 15) is 21.6 Å². The minimum absolute atomic E-state index is 0.223. The normalized spacial score (nSPS) is 22.1. The van der Waals surface area contributed by atoms with Gasteiger partial charge < -0.3 is 4.74 Å². The van der Waals surface area contributed by atoms with Crippen LogP contribution in [0.2, 0.25) is 0 Å². The highest BCUT2D eigenvalue weighted by Gasteiger charge is 2.42. The van der Waals surface area contributed by atoms with E-state index in [2.05, 4.69) is 0 Å². The molecule has 1 aliphatic carbocycles. The third-order valence-electron chi connectivity index (χ3n) is 3.24. The first kappa shape index (κ1) is 16.0. The molecule has 3 nitrogen and oxygen atoms in total. The molecule has 0 aromatic rings. The van der Waals surface area contributed by atoms with Gasteiger partial charge in [0.15, 0.2) is 6.10 Å². The van der Waals surface area contributed by atoms with E-state index in [-0.39, 0.29) is 12.4 Å². The molecule has 8 heteroatoms. The smallest absolute Gasteiger partial charge is 0.368 e. The molecule has 0 heterocycles. The fourth-order valence-electron chi connectivity index (χ4n) is 2.22. The van der Waals surface area contributed by atoms with Crippen molar-refractivity contribution in [2.75, 3.05) is 12.4 Å². The molecule has 0 spiro atoms. The molecule has 0 aromatic heterocycles. The lowest BCUT2D eigenvalue weighted by Gasteiger charge is -2.29. The summed E-state index contributed by atoms with van der Waals surface area (Å²) in [4.78, 5) is 0. The average molecular weight is 309 g/mol. The van der Waals surface area contributed by atoms with Gasteiger partial charge in [0.25, 0.3) is 0 Å². The zero-order chi connectivity index (χ0) is 14.0. The number of rotatable bonds is 5. The minimum Gasteiger partial charge on any atom is -0.368 e. The standard InChI is InChI=1S/C10H16ClF3O3S/c1-8(10(12,13)14)17-6-9(4-2-3-5-9)7-18(11,15)16/h8H,2-7H2,1H3. The van der Waals surface area contributed by atoms with Crippen molar-refractivity contribution in [1.29, 1.82) is 0 Å². The van der Waals surface area contributed by atoms with Crippen molar-refractivity contribution >= 4 is 19.7 Å². The summed E-state index contributed by atoms with van der Waals surface area (Å²) in [6.07, 6.45) is -3.69. The molecule has 1 fully saturated rings. The lowest BCUT2D eigenvalue weighted by molar-refractivity contribution is -0.220. The van der Waals surface area contributed by atoms with E-state index >= 15 is 0 Å². The van der Waals surface area contributed by atoms with Gasteiger partial charge in [-0.05, 0) is 19.8 Å². The van der Waals surface area contributed by atoms with Crippen LogP contribution in [0.15, 0.2) is 0 Å². The van der Waals surface area contributed by atoms with Gasteiger partial charge in [0.1, 0.15) is 0 Å². The van der Waals surface area contributed by atoms with Crippen LogP contribution in [0.3, 0.4) is 0 Å². The number of hydrogen-bond acceptors (Lipinski definition) is 3. The van der Waals surface area contributed by atoms with Crippen molar-refractivity contribution in [3.05, 3.63) is 0 Å². The molecule has 1 unspecified atom stereocenters. The van der Waals surface area contributed by atoms with Gasteiger partial charge in [-0.25, -0.2) is 8.42 Å². The van der Waals surface area contributed by atoms with Gasteiger partial charge in [-0.1, -0.05) is 12.8 Å². The molecular formula is C10H16ClF3O3S. The number of ether oxygens (including phenoxy) is 1. The second kappa shape index (κ2) is 5.54. The lowest BCUT2D eigenvalue weighted by atomic mass is 9.90. The first-order valence-corrected chi connectivity index (χ1v) is 8.13. The van der Waals surface area contributed by atoms with E-state index in [1.54, 1.807) is 0 Å². The van der Waals surface area contributed by atoms with E-state index in [0.29, 0.717) is 12.8 Å². The van der Waals surface area contributed by atoms with Crippen LogP contribution in [0.1, 0.15) is 32.6 Å². The summed E-state index contributed by atoms with van der Waals surface area (Å²) in [7, 11) is 1.46. The summed E-state index contributed by atoms with van der Waals surface area (Å²) in [5.74, 6) is -0.327. The molecular weight excluding hydrogens is 293 g/mol. The molecule has 0 N–H and O–H groups in total. The molecule has 1 atom stereocenters. The van der Waals surface area contributed by atoms with Crippen molar-refractivity contribution in [2.24, 2.45) is 5.41 Å². The van der Waals surface area contributed by atoms with Crippen LogP contribution in [-0.4, -0.2) is 33.1 Å². The molecule has 0 aliphatic heterocycles. The molecule has 18 heavy (non-hydrogen) atoms. The monoisotopic (exact) mass is 308 g/mol. The highest BCUT2D eigenvalue weighted by atomic mass is 35.7. The highest BCUT2D eigenvalue weighted by molar-refractivity contribution is 8.13. The Kier molecular flexibility index (Phi) is 4.94. The van der Waals surface area contributed by atoms with Crippen molar-refractivity contribution in [1.82, 2.24) is 0 Å². The fraction of sp³-hybridized carbons (Fsp3) is 1.00. The van der Waals surface area contributed by atoms with Crippen molar-refractivity contribution in [3.8, 4) is 0 Å². The maximum atomic E-state index is 12.3. The maximum absolute atomic E-state index is 12.3.